The highest BCUT2D eigenvalue weighted by molar-refractivity contribution is 6.06. The van der Waals surface area contributed by atoms with Gasteiger partial charge in [0.2, 0.25) is 18.2 Å². The summed E-state index contributed by atoms with van der Waals surface area (Å²) >= 11 is 0. The van der Waals surface area contributed by atoms with Crippen LogP contribution in [0, 0.1) is 11.6 Å². The summed E-state index contributed by atoms with van der Waals surface area (Å²) in [7, 11) is 0. The van der Waals surface area contributed by atoms with Crippen LogP contribution in [0.1, 0.15) is 12.8 Å². The Morgan fingerprint density at radius 2 is 1.63 bits per heavy atom. The number of hydrogen-bond acceptors (Lipinski definition) is 6. The summed E-state index contributed by atoms with van der Waals surface area (Å²) in [6, 6.07) is 12.6. The summed E-state index contributed by atoms with van der Waals surface area (Å²) < 4.78 is 28.8. The van der Waals surface area contributed by atoms with E-state index in [2.05, 4.69) is 15.3 Å². The summed E-state index contributed by atoms with van der Waals surface area (Å²) in [5.41, 5.74) is 6.49. The number of benzene rings is 2. The van der Waals surface area contributed by atoms with Gasteiger partial charge in [0.25, 0.3) is 0 Å². The molecule has 0 bridgehead atoms. The highest BCUT2D eigenvalue weighted by Crippen LogP contribution is 2.28. The van der Waals surface area contributed by atoms with Crippen LogP contribution in [0.5, 0.6) is 0 Å². The van der Waals surface area contributed by atoms with Crippen molar-refractivity contribution in [1.82, 2.24) is 4.90 Å². The Balaban J connectivity index is 1.77. The van der Waals surface area contributed by atoms with Gasteiger partial charge in [0.05, 0.1) is 11.4 Å². The molecule has 4 rings (SSSR count). The van der Waals surface area contributed by atoms with Crippen molar-refractivity contribution < 1.29 is 8.78 Å². The molecule has 27 heavy (non-hydrogen) atoms. The Labute approximate surface area is 156 Å². The maximum Gasteiger partial charge on any atom is 0.222 e. The lowest BCUT2D eigenvalue weighted by Gasteiger charge is -2.38. The fourth-order valence-corrected chi connectivity index (χ4v) is 3.32. The van der Waals surface area contributed by atoms with Crippen LogP contribution in [0.25, 0.3) is 0 Å². The van der Waals surface area contributed by atoms with Crippen molar-refractivity contribution >= 4 is 23.3 Å². The number of anilines is 2. The molecule has 6 nitrogen and oxygen atoms in total. The largest absolute Gasteiger partial charge is 0.368 e. The van der Waals surface area contributed by atoms with E-state index in [0.717, 1.165) is 25.9 Å². The molecule has 1 atom stereocenters. The molecule has 0 spiro atoms. The molecular formula is C19H20F2N6. The zero-order valence-electron chi connectivity index (χ0n) is 14.6. The van der Waals surface area contributed by atoms with Crippen LogP contribution in [0.15, 0.2) is 58.5 Å². The summed E-state index contributed by atoms with van der Waals surface area (Å²) in [5, 5.41) is 3.02. The monoisotopic (exact) mass is 370 g/mol. The third-order valence-corrected chi connectivity index (χ3v) is 4.59. The fraction of sp³-hybridized carbons (Fsp3) is 0.263. The second kappa shape index (κ2) is 7.22. The lowest BCUT2D eigenvalue weighted by Crippen LogP contribution is -2.54. The lowest BCUT2D eigenvalue weighted by atomic mass is 10.2. The molecule has 1 unspecified atom stereocenters. The molecule has 140 valence electrons. The molecule has 2 aromatic carbocycles. The van der Waals surface area contributed by atoms with E-state index in [1.165, 1.54) is 12.1 Å². The minimum Gasteiger partial charge on any atom is -0.368 e. The first kappa shape index (κ1) is 17.3. The van der Waals surface area contributed by atoms with Gasteiger partial charge < -0.3 is 16.0 Å². The summed E-state index contributed by atoms with van der Waals surface area (Å²) in [6.07, 6.45) is 1.21. The molecule has 0 radical (unpaired) electrons. The molecule has 2 heterocycles. The van der Waals surface area contributed by atoms with Crippen molar-refractivity contribution in [2.75, 3.05) is 23.3 Å². The van der Waals surface area contributed by atoms with Crippen LogP contribution < -0.4 is 16.0 Å². The van der Waals surface area contributed by atoms with Gasteiger partial charge in [-0.3, -0.25) is 4.90 Å². The van der Waals surface area contributed by atoms with Crippen molar-refractivity contribution in [3.05, 3.63) is 60.2 Å². The maximum atomic E-state index is 14.6. The molecule has 0 aliphatic carbocycles. The first-order chi connectivity index (χ1) is 13.1. The molecular weight excluding hydrogens is 350 g/mol. The minimum absolute atomic E-state index is 0.0679. The van der Waals surface area contributed by atoms with E-state index in [0.29, 0.717) is 11.6 Å². The molecule has 1 fully saturated rings. The number of rotatable bonds is 3. The van der Waals surface area contributed by atoms with E-state index >= 15 is 0 Å². The third kappa shape index (κ3) is 3.42. The Hall–Kier alpha value is -3.16. The maximum absolute atomic E-state index is 14.6. The van der Waals surface area contributed by atoms with Crippen LogP contribution in [0.4, 0.5) is 20.2 Å². The van der Waals surface area contributed by atoms with Crippen molar-refractivity contribution in [3.8, 4) is 0 Å². The summed E-state index contributed by atoms with van der Waals surface area (Å²) in [5.74, 6) is -0.261. The molecule has 1 saturated heterocycles. The van der Waals surface area contributed by atoms with Gasteiger partial charge in [-0.1, -0.05) is 24.3 Å². The van der Waals surface area contributed by atoms with E-state index in [-0.39, 0.29) is 11.6 Å². The minimum atomic E-state index is -0.827. The molecule has 0 amide bonds. The van der Waals surface area contributed by atoms with Crippen LogP contribution >= 0.6 is 0 Å². The number of nitrogens with two attached hydrogens (primary N) is 1. The van der Waals surface area contributed by atoms with E-state index in [1.807, 2.05) is 4.90 Å². The summed E-state index contributed by atoms with van der Waals surface area (Å²) in [4.78, 5) is 12.3. The van der Waals surface area contributed by atoms with E-state index in [4.69, 9.17) is 5.73 Å². The third-order valence-electron chi connectivity index (χ3n) is 4.59. The number of nitrogens with zero attached hydrogens (tertiary/aromatic N) is 4. The van der Waals surface area contributed by atoms with Gasteiger partial charge in [0.15, 0.2) is 0 Å². The average Bonchev–Trinajstić information content (AvgIpc) is 3.19. The molecule has 3 N–H and O–H groups in total. The Kier molecular flexibility index (Phi) is 4.62. The van der Waals surface area contributed by atoms with Gasteiger partial charge >= 0.3 is 0 Å². The molecule has 2 aliphatic heterocycles. The van der Waals surface area contributed by atoms with Gasteiger partial charge in [0.1, 0.15) is 11.6 Å². The van der Waals surface area contributed by atoms with E-state index in [9.17, 15) is 8.78 Å². The zero-order valence-corrected chi connectivity index (χ0v) is 14.6. The predicted octanol–water partition coefficient (Wildman–Crippen LogP) is 2.95. The number of para-hydroxylation sites is 2. The number of likely N-dealkylation sites (tertiary alicyclic amines) is 1. The Morgan fingerprint density at radius 3 is 2.33 bits per heavy atom. The smallest absolute Gasteiger partial charge is 0.222 e. The first-order valence-corrected chi connectivity index (χ1v) is 8.85. The number of nitrogens with one attached hydrogen (secondary N) is 1. The van der Waals surface area contributed by atoms with Gasteiger partial charge in [-0.15, -0.1) is 0 Å². The first-order valence-electron chi connectivity index (χ1n) is 8.85. The fourth-order valence-electron chi connectivity index (χ4n) is 3.32. The number of hydrogen-bond donors (Lipinski definition) is 2. The Bertz CT molecular complexity index is 891. The topological polar surface area (TPSA) is 69.2 Å². The van der Waals surface area contributed by atoms with Crippen LogP contribution in [0.3, 0.4) is 0 Å². The van der Waals surface area contributed by atoms with Crippen LogP contribution in [-0.2, 0) is 0 Å². The Morgan fingerprint density at radius 1 is 0.963 bits per heavy atom. The highest BCUT2D eigenvalue weighted by atomic mass is 19.1. The van der Waals surface area contributed by atoms with Crippen LogP contribution in [-0.4, -0.2) is 36.2 Å². The van der Waals surface area contributed by atoms with E-state index in [1.54, 1.807) is 41.3 Å². The molecule has 2 aliphatic rings. The predicted molar refractivity (Wildman–Crippen MR) is 103 cm³/mol. The van der Waals surface area contributed by atoms with Gasteiger partial charge in [0, 0.05) is 13.1 Å². The van der Waals surface area contributed by atoms with Crippen LogP contribution in [0.2, 0.25) is 0 Å². The zero-order chi connectivity index (χ0) is 18.8. The van der Waals surface area contributed by atoms with Crippen molar-refractivity contribution in [2.24, 2.45) is 15.7 Å². The average molecular weight is 370 g/mol. The van der Waals surface area contributed by atoms with Gasteiger partial charge in [-0.05, 0) is 37.1 Å². The number of aliphatic imine (C=N–C) groups is 2. The highest BCUT2D eigenvalue weighted by Gasteiger charge is 2.34. The second-order valence-corrected chi connectivity index (χ2v) is 6.41. The summed E-state index contributed by atoms with van der Waals surface area (Å²) in [6.45, 7) is 1.59. The second-order valence-electron chi connectivity index (χ2n) is 6.41. The normalized spacial score (nSPS) is 19.7. The SMILES string of the molecule is NC1=NC(Nc2ccccc2F)N(c2ccccc2F)C(N2CCCC2)=N1. The van der Waals surface area contributed by atoms with Crippen molar-refractivity contribution in [1.29, 1.82) is 0 Å². The molecule has 0 saturated carbocycles. The number of halogens is 2. The standard InChI is InChI=1S/C19H20F2N6/c20-13-7-1-3-9-15(13)23-18-24-17(22)25-19(26-11-5-6-12-26)27(18)16-10-4-2-8-14(16)21/h1-4,7-10,18,23H,5-6,11-12H2,(H2,22,24). The molecule has 0 aromatic heterocycles. The van der Waals surface area contributed by atoms with Crippen molar-refractivity contribution in [2.45, 2.75) is 19.1 Å². The van der Waals surface area contributed by atoms with Gasteiger partial charge in [-0.2, -0.15) is 4.99 Å². The number of guanidine groups is 2. The van der Waals surface area contributed by atoms with E-state index < -0.39 is 17.9 Å². The molecule has 2 aromatic rings. The quantitative estimate of drug-likeness (QED) is 0.872. The lowest BCUT2D eigenvalue weighted by molar-refractivity contribution is 0.494. The molecule has 8 heteroatoms. The van der Waals surface area contributed by atoms with Gasteiger partial charge in [-0.25, -0.2) is 13.8 Å². The van der Waals surface area contributed by atoms with Crippen molar-refractivity contribution in [3.63, 3.8) is 0 Å².